The Morgan fingerprint density at radius 3 is 2.64 bits per heavy atom. The molecular weight excluding hydrogens is 182 g/mol. The van der Waals surface area contributed by atoms with Gasteiger partial charge in [-0.1, -0.05) is 0 Å². The van der Waals surface area contributed by atoms with Gasteiger partial charge in [0.25, 0.3) is 5.91 Å². The average Bonchev–Trinajstić information content (AvgIpc) is 2.15. The average molecular weight is 201 g/mol. The fourth-order valence-corrected chi connectivity index (χ4v) is 1.81. The summed E-state index contributed by atoms with van der Waals surface area (Å²) in [6.45, 7) is 3.60. The molecule has 0 bridgehead atoms. The molecule has 1 aliphatic rings. The predicted molar refractivity (Wildman–Crippen MR) is 52.7 cm³/mol. The standard InChI is InChI=1S/C10H19NO3/c1-10(2,14)9(13)11-6-4-3-5-8(11)7-12/h8,12,14H,3-7H2,1-2H3. The number of carbonyl (C=O) groups is 1. The molecule has 0 saturated carbocycles. The second-order valence-electron chi connectivity index (χ2n) is 4.39. The number of amides is 1. The van der Waals surface area contributed by atoms with Crippen molar-refractivity contribution in [3.05, 3.63) is 0 Å². The largest absolute Gasteiger partial charge is 0.394 e. The smallest absolute Gasteiger partial charge is 0.254 e. The first-order chi connectivity index (χ1) is 6.46. The summed E-state index contributed by atoms with van der Waals surface area (Å²) in [7, 11) is 0. The first kappa shape index (κ1) is 11.5. The van der Waals surface area contributed by atoms with E-state index in [1.165, 1.54) is 13.8 Å². The van der Waals surface area contributed by atoms with Crippen LogP contribution in [0.2, 0.25) is 0 Å². The predicted octanol–water partition coefficient (Wildman–Crippen LogP) is 0.131. The van der Waals surface area contributed by atoms with E-state index in [0.717, 1.165) is 19.3 Å². The molecule has 0 aromatic rings. The summed E-state index contributed by atoms with van der Waals surface area (Å²) in [6.07, 6.45) is 2.83. The van der Waals surface area contributed by atoms with Gasteiger partial charge in [-0.15, -0.1) is 0 Å². The minimum Gasteiger partial charge on any atom is -0.394 e. The Morgan fingerprint density at radius 2 is 2.14 bits per heavy atom. The van der Waals surface area contributed by atoms with Gasteiger partial charge in [0, 0.05) is 6.54 Å². The second-order valence-corrected chi connectivity index (χ2v) is 4.39. The summed E-state index contributed by atoms with van der Waals surface area (Å²) in [5.41, 5.74) is -1.33. The minimum atomic E-state index is -1.33. The molecule has 0 aliphatic carbocycles. The summed E-state index contributed by atoms with van der Waals surface area (Å²) in [5, 5.41) is 18.7. The maximum absolute atomic E-state index is 11.8. The zero-order valence-electron chi connectivity index (χ0n) is 8.86. The summed E-state index contributed by atoms with van der Waals surface area (Å²) in [5.74, 6) is -0.281. The second kappa shape index (κ2) is 4.28. The highest BCUT2D eigenvalue weighted by molar-refractivity contribution is 5.84. The SMILES string of the molecule is CC(C)(O)C(=O)N1CCCCC1CO. The molecule has 1 unspecified atom stereocenters. The molecule has 1 atom stereocenters. The monoisotopic (exact) mass is 201 g/mol. The van der Waals surface area contributed by atoms with Crippen LogP contribution in [0, 0.1) is 0 Å². The Morgan fingerprint density at radius 1 is 1.50 bits per heavy atom. The van der Waals surface area contributed by atoms with E-state index < -0.39 is 5.60 Å². The van der Waals surface area contributed by atoms with Gasteiger partial charge in [-0.3, -0.25) is 4.79 Å². The molecule has 1 heterocycles. The third-order valence-electron chi connectivity index (χ3n) is 2.62. The molecule has 82 valence electrons. The lowest BCUT2D eigenvalue weighted by Crippen LogP contribution is -2.53. The molecule has 1 saturated heterocycles. The number of aliphatic hydroxyl groups excluding tert-OH is 1. The van der Waals surface area contributed by atoms with Crippen LogP contribution in [0.25, 0.3) is 0 Å². The van der Waals surface area contributed by atoms with Gasteiger partial charge in [-0.25, -0.2) is 0 Å². The maximum Gasteiger partial charge on any atom is 0.254 e. The van der Waals surface area contributed by atoms with Crippen LogP contribution in [0.4, 0.5) is 0 Å². The Balaban J connectivity index is 2.69. The molecular formula is C10H19NO3. The quantitative estimate of drug-likeness (QED) is 0.667. The molecule has 0 radical (unpaired) electrons. The highest BCUT2D eigenvalue weighted by Gasteiger charge is 2.34. The molecule has 0 aromatic carbocycles. The van der Waals surface area contributed by atoms with Crippen molar-refractivity contribution in [3.63, 3.8) is 0 Å². The normalized spacial score (nSPS) is 23.7. The van der Waals surface area contributed by atoms with Crippen molar-refractivity contribution >= 4 is 5.91 Å². The van der Waals surface area contributed by atoms with Crippen LogP contribution in [0.1, 0.15) is 33.1 Å². The minimum absolute atomic E-state index is 0.0121. The summed E-state index contributed by atoms with van der Waals surface area (Å²) in [6, 6.07) is -0.109. The van der Waals surface area contributed by atoms with Crippen LogP contribution in [0.3, 0.4) is 0 Å². The lowest BCUT2D eigenvalue weighted by atomic mass is 9.99. The summed E-state index contributed by atoms with van der Waals surface area (Å²) < 4.78 is 0. The fourth-order valence-electron chi connectivity index (χ4n) is 1.81. The van der Waals surface area contributed by atoms with Crippen LogP contribution >= 0.6 is 0 Å². The Kier molecular flexibility index (Phi) is 3.50. The van der Waals surface area contributed by atoms with Crippen LogP contribution < -0.4 is 0 Å². The van der Waals surface area contributed by atoms with Gasteiger partial charge in [-0.05, 0) is 33.1 Å². The molecule has 2 N–H and O–H groups in total. The van der Waals surface area contributed by atoms with Gasteiger partial charge in [-0.2, -0.15) is 0 Å². The van der Waals surface area contributed by atoms with Gasteiger partial charge < -0.3 is 15.1 Å². The van der Waals surface area contributed by atoms with Crippen LogP contribution in [0.15, 0.2) is 0 Å². The topological polar surface area (TPSA) is 60.8 Å². The van der Waals surface area contributed by atoms with E-state index in [0.29, 0.717) is 6.54 Å². The van der Waals surface area contributed by atoms with Gasteiger partial charge in [0.05, 0.1) is 12.6 Å². The highest BCUT2D eigenvalue weighted by Crippen LogP contribution is 2.20. The van der Waals surface area contributed by atoms with Gasteiger partial charge in [0.1, 0.15) is 5.60 Å². The van der Waals surface area contributed by atoms with Gasteiger partial charge >= 0.3 is 0 Å². The fraction of sp³-hybridized carbons (Fsp3) is 0.900. The van der Waals surface area contributed by atoms with Crippen molar-refractivity contribution in [3.8, 4) is 0 Å². The molecule has 4 nitrogen and oxygen atoms in total. The number of hydrogen-bond acceptors (Lipinski definition) is 3. The van der Waals surface area contributed by atoms with E-state index in [4.69, 9.17) is 5.11 Å². The molecule has 0 aromatic heterocycles. The van der Waals surface area contributed by atoms with Crippen molar-refractivity contribution in [2.75, 3.05) is 13.2 Å². The number of aliphatic hydroxyl groups is 2. The summed E-state index contributed by atoms with van der Waals surface area (Å²) in [4.78, 5) is 13.4. The Hall–Kier alpha value is -0.610. The molecule has 1 amide bonds. The van der Waals surface area contributed by atoms with Crippen molar-refractivity contribution in [2.24, 2.45) is 0 Å². The van der Waals surface area contributed by atoms with Crippen molar-refractivity contribution in [2.45, 2.75) is 44.8 Å². The first-order valence-corrected chi connectivity index (χ1v) is 5.11. The van der Waals surface area contributed by atoms with E-state index in [1.807, 2.05) is 0 Å². The first-order valence-electron chi connectivity index (χ1n) is 5.11. The van der Waals surface area contributed by atoms with E-state index >= 15 is 0 Å². The lowest BCUT2D eigenvalue weighted by molar-refractivity contribution is -0.152. The number of nitrogens with zero attached hydrogens (tertiary/aromatic N) is 1. The Labute approximate surface area is 84.5 Å². The number of piperidine rings is 1. The lowest BCUT2D eigenvalue weighted by Gasteiger charge is -2.37. The van der Waals surface area contributed by atoms with E-state index in [-0.39, 0.29) is 18.6 Å². The molecule has 14 heavy (non-hydrogen) atoms. The van der Waals surface area contributed by atoms with Gasteiger partial charge in [0.15, 0.2) is 0 Å². The zero-order valence-corrected chi connectivity index (χ0v) is 8.86. The zero-order chi connectivity index (χ0) is 10.8. The maximum atomic E-state index is 11.8. The van der Waals surface area contributed by atoms with Crippen LogP contribution in [-0.4, -0.2) is 45.8 Å². The molecule has 1 fully saturated rings. The highest BCUT2D eigenvalue weighted by atomic mass is 16.3. The summed E-state index contributed by atoms with van der Waals surface area (Å²) >= 11 is 0. The number of hydrogen-bond donors (Lipinski definition) is 2. The molecule has 0 spiro atoms. The van der Waals surface area contributed by atoms with Crippen molar-refractivity contribution in [1.29, 1.82) is 0 Å². The van der Waals surface area contributed by atoms with Crippen molar-refractivity contribution in [1.82, 2.24) is 4.90 Å². The van der Waals surface area contributed by atoms with E-state index in [2.05, 4.69) is 0 Å². The van der Waals surface area contributed by atoms with E-state index in [9.17, 15) is 9.90 Å². The Bertz CT molecular complexity index is 210. The van der Waals surface area contributed by atoms with Gasteiger partial charge in [0.2, 0.25) is 0 Å². The number of carbonyl (C=O) groups excluding carboxylic acids is 1. The van der Waals surface area contributed by atoms with Crippen molar-refractivity contribution < 1.29 is 15.0 Å². The van der Waals surface area contributed by atoms with E-state index in [1.54, 1.807) is 4.90 Å². The molecule has 1 rings (SSSR count). The van der Waals surface area contributed by atoms with Crippen LogP contribution in [0.5, 0.6) is 0 Å². The third-order valence-corrected chi connectivity index (χ3v) is 2.62. The third kappa shape index (κ3) is 2.45. The molecule has 4 heteroatoms. The van der Waals surface area contributed by atoms with Crippen LogP contribution in [-0.2, 0) is 4.79 Å². The number of likely N-dealkylation sites (tertiary alicyclic amines) is 1. The molecule has 1 aliphatic heterocycles. The number of rotatable bonds is 2.